The zero-order valence-corrected chi connectivity index (χ0v) is 10.0. The van der Waals surface area contributed by atoms with Crippen molar-refractivity contribution in [2.24, 2.45) is 5.10 Å². The van der Waals surface area contributed by atoms with Crippen LogP contribution in [0.1, 0.15) is 5.56 Å². The molecule has 0 aliphatic carbocycles. The van der Waals surface area contributed by atoms with Crippen LogP contribution in [0.2, 0.25) is 0 Å². The molecule has 3 aromatic rings. The first kappa shape index (κ1) is 11.3. The summed E-state index contributed by atoms with van der Waals surface area (Å²) in [5, 5.41) is 13.4. The first-order valence-corrected chi connectivity index (χ1v) is 5.84. The minimum Gasteiger partial charge on any atom is -0.508 e. The predicted molar refractivity (Wildman–Crippen MR) is 75.4 cm³/mol. The number of fused-ring (bicyclic) bond motifs is 1. The van der Waals surface area contributed by atoms with Gasteiger partial charge in [-0.1, -0.05) is 24.3 Å². The number of hydrogen-bond donors (Lipinski definition) is 3. The number of benzene rings is 2. The van der Waals surface area contributed by atoms with Crippen molar-refractivity contribution >= 4 is 23.2 Å². The molecule has 5 nitrogen and oxygen atoms in total. The molecule has 0 saturated carbocycles. The SMILES string of the molecule is Oc1cccc(/C=N/Nc2nc3ccccc3[nH]2)c1. The van der Waals surface area contributed by atoms with Gasteiger partial charge in [0.1, 0.15) is 5.75 Å². The molecule has 0 spiro atoms. The number of imidazole rings is 1. The van der Waals surface area contributed by atoms with E-state index in [1.165, 1.54) is 0 Å². The number of hydrazone groups is 1. The highest BCUT2D eigenvalue weighted by atomic mass is 16.3. The smallest absolute Gasteiger partial charge is 0.222 e. The third-order valence-electron chi connectivity index (χ3n) is 2.64. The normalized spacial score (nSPS) is 11.2. The molecule has 3 N–H and O–H groups in total. The molecule has 3 rings (SSSR count). The second-order valence-electron chi connectivity index (χ2n) is 4.07. The van der Waals surface area contributed by atoms with Crippen LogP contribution in [0.4, 0.5) is 5.95 Å². The average molecular weight is 252 g/mol. The largest absolute Gasteiger partial charge is 0.508 e. The second kappa shape index (κ2) is 4.81. The predicted octanol–water partition coefficient (Wildman–Crippen LogP) is 2.71. The maximum Gasteiger partial charge on any atom is 0.222 e. The molecule has 0 aliphatic heterocycles. The van der Waals surface area contributed by atoms with Gasteiger partial charge >= 0.3 is 0 Å². The second-order valence-corrected chi connectivity index (χ2v) is 4.07. The van der Waals surface area contributed by atoms with E-state index < -0.39 is 0 Å². The van der Waals surface area contributed by atoms with Crippen LogP contribution in [0.25, 0.3) is 11.0 Å². The summed E-state index contributed by atoms with van der Waals surface area (Å²) in [7, 11) is 0. The zero-order chi connectivity index (χ0) is 13.1. The third-order valence-corrected chi connectivity index (χ3v) is 2.64. The summed E-state index contributed by atoms with van der Waals surface area (Å²) in [4.78, 5) is 7.44. The van der Waals surface area contributed by atoms with E-state index in [0.29, 0.717) is 5.95 Å². The number of phenolic OH excluding ortho intramolecular Hbond substituents is 1. The number of hydrogen-bond acceptors (Lipinski definition) is 4. The summed E-state index contributed by atoms with van der Waals surface area (Å²) in [5.41, 5.74) is 5.47. The summed E-state index contributed by atoms with van der Waals surface area (Å²) >= 11 is 0. The zero-order valence-electron chi connectivity index (χ0n) is 10.0. The van der Waals surface area contributed by atoms with E-state index in [1.807, 2.05) is 30.3 Å². The molecule has 0 amide bonds. The molecule has 0 fully saturated rings. The van der Waals surface area contributed by atoms with Gasteiger partial charge in [0.2, 0.25) is 5.95 Å². The average Bonchev–Trinajstić information content (AvgIpc) is 2.81. The van der Waals surface area contributed by atoms with Crippen molar-refractivity contribution in [3.05, 3.63) is 54.1 Å². The van der Waals surface area contributed by atoms with E-state index in [-0.39, 0.29) is 5.75 Å². The van der Waals surface area contributed by atoms with Gasteiger partial charge in [0, 0.05) is 0 Å². The first-order chi connectivity index (χ1) is 9.31. The number of aromatic amines is 1. The highest BCUT2D eigenvalue weighted by molar-refractivity contribution is 5.81. The van der Waals surface area contributed by atoms with Crippen molar-refractivity contribution in [2.45, 2.75) is 0 Å². The maximum atomic E-state index is 9.32. The van der Waals surface area contributed by atoms with E-state index in [4.69, 9.17) is 0 Å². The summed E-state index contributed by atoms with van der Waals surface area (Å²) in [6.07, 6.45) is 1.62. The highest BCUT2D eigenvalue weighted by Crippen LogP contribution is 2.13. The van der Waals surface area contributed by atoms with Crippen LogP contribution < -0.4 is 5.43 Å². The van der Waals surface area contributed by atoms with E-state index in [0.717, 1.165) is 16.6 Å². The lowest BCUT2D eigenvalue weighted by molar-refractivity contribution is 0.475. The Morgan fingerprint density at radius 3 is 2.89 bits per heavy atom. The number of nitrogens with one attached hydrogen (secondary N) is 2. The van der Waals surface area contributed by atoms with Crippen LogP contribution in [0.5, 0.6) is 5.75 Å². The monoisotopic (exact) mass is 252 g/mol. The quantitative estimate of drug-likeness (QED) is 0.495. The minimum absolute atomic E-state index is 0.215. The van der Waals surface area contributed by atoms with Gasteiger partial charge in [-0.25, -0.2) is 10.4 Å². The summed E-state index contributed by atoms with van der Waals surface area (Å²) < 4.78 is 0. The fourth-order valence-corrected chi connectivity index (χ4v) is 1.78. The molecule has 2 aromatic carbocycles. The number of phenols is 1. The Morgan fingerprint density at radius 2 is 2.05 bits per heavy atom. The molecule has 0 radical (unpaired) electrons. The van der Waals surface area contributed by atoms with Crippen molar-refractivity contribution < 1.29 is 5.11 Å². The van der Waals surface area contributed by atoms with E-state index in [1.54, 1.807) is 24.4 Å². The first-order valence-electron chi connectivity index (χ1n) is 5.84. The molecule has 94 valence electrons. The van der Waals surface area contributed by atoms with Gasteiger partial charge in [0.25, 0.3) is 0 Å². The van der Waals surface area contributed by atoms with Crippen LogP contribution >= 0.6 is 0 Å². The Balaban J connectivity index is 1.75. The van der Waals surface area contributed by atoms with Crippen LogP contribution in [-0.4, -0.2) is 21.3 Å². The van der Waals surface area contributed by atoms with Crippen molar-refractivity contribution in [1.29, 1.82) is 0 Å². The van der Waals surface area contributed by atoms with E-state index >= 15 is 0 Å². The lowest BCUT2D eigenvalue weighted by Crippen LogP contribution is -1.92. The Bertz CT molecular complexity index is 700. The molecule has 0 bridgehead atoms. The van der Waals surface area contributed by atoms with Crippen LogP contribution in [0.3, 0.4) is 0 Å². The van der Waals surface area contributed by atoms with Gasteiger partial charge in [-0.15, -0.1) is 0 Å². The van der Waals surface area contributed by atoms with Crippen molar-refractivity contribution in [2.75, 3.05) is 5.43 Å². The van der Waals surface area contributed by atoms with Crippen molar-refractivity contribution in [3.8, 4) is 5.75 Å². The van der Waals surface area contributed by atoms with Gasteiger partial charge < -0.3 is 10.1 Å². The van der Waals surface area contributed by atoms with E-state index in [2.05, 4.69) is 20.5 Å². The van der Waals surface area contributed by atoms with Gasteiger partial charge in [-0.3, -0.25) is 0 Å². The van der Waals surface area contributed by atoms with Crippen LogP contribution in [-0.2, 0) is 0 Å². The van der Waals surface area contributed by atoms with E-state index in [9.17, 15) is 5.11 Å². The fourth-order valence-electron chi connectivity index (χ4n) is 1.78. The number of rotatable bonds is 3. The Hall–Kier alpha value is -2.82. The summed E-state index contributed by atoms with van der Waals surface area (Å²) in [5.74, 6) is 0.797. The molecule has 0 unspecified atom stereocenters. The molecular weight excluding hydrogens is 240 g/mol. The van der Waals surface area contributed by atoms with Gasteiger partial charge in [0.05, 0.1) is 17.2 Å². The molecule has 1 aromatic heterocycles. The molecule has 0 atom stereocenters. The Labute approximate surface area is 109 Å². The lowest BCUT2D eigenvalue weighted by Gasteiger charge is -1.95. The lowest BCUT2D eigenvalue weighted by atomic mass is 10.2. The van der Waals surface area contributed by atoms with Crippen molar-refractivity contribution in [1.82, 2.24) is 9.97 Å². The van der Waals surface area contributed by atoms with Crippen molar-refractivity contribution in [3.63, 3.8) is 0 Å². The summed E-state index contributed by atoms with van der Waals surface area (Å²) in [6, 6.07) is 14.6. The molecule has 19 heavy (non-hydrogen) atoms. The molecule has 5 heteroatoms. The third kappa shape index (κ3) is 2.55. The Morgan fingerprint density at radius 1 is 1.16 bits per heavy atom. The Kier molecular flexibility index (Phi) is 2.86. The number of para-hydroxylation sites is 2. The maximum absolute atomic E-state index is 9.32. The molecule has 0 saturated heterocycles. The standard InChI is InChI=1S/C14H12N4O/c19-11-5-3-4-10(8-11)9-15-18-14-16-12-6-1-2-7-13(12)17-14/h1-9,19H,(H2,16,17,18)/b15-9+. The number of anilines is 1. The summed E-state index contributed by atoms with van der Waals surface area (Å²) in [6.45, 7) is 0. The number of aromatic hydroxyl groups is 1. The molecule has 0 aliphatic rings. The minimum atomic E-state index is 0.215. The topological polar surface area (TPSA) is 73.3 Å². The van der Waals surface area contributed by atoms with Gasteiger partial charge in [0.15, 0.2) is 0 Å². The number of H-pyrrole nitrogens is 1. The van der Waals surface area contributed by atoms with Crippen LogP contribution in [0, 0.1) is 0 Å². The van der Waals surface area contributed by atoms with Crippen LogP contribution in [0.15, 0.2) is 53.6 Å². The molecular formula is C14H12N4O. The fraction of sp³-hybridized carbons (Fsp3) is 0. The number of nitrogens with zero attached hydrogens (tertiary/aromatic N) is 2. The molecule has 1 heterocycles. The highest BCUT2D eigenvalue weighted by Gasteiger charge is 1.99. The van der Waals surface area contributed by atoms with Gasteiger partial charge in [-0.05, 0) is 29.8 Å². The number of aromatic nitrogens is 2. The van der Waals surface area contributed by atoms with Gasteiger partial charge in [-0.2, -0.15) is 5.10 Å².